The fraction of sp³-hybridized carbons (Fsp3) is 0.682. The van der Waals surface area contributed by atoms with Crippen LogP contribution in [0.15, 0.2) is 29.4 Å². The van der Waals surface area contributed by atoms with Gasteiger partial charge in [0, 0.05) is 25.0 Å². The number of benzene rings is 1. The lowest BCUT2D eigenvalue weighted by molar-refractivity contribution is -0.305. The van der Waals surface area contributed by atoms with E-state index in [1.54, 1.807) is 52.0 Å². The molecule has 0 radical (unpaired) electrons. The van der Waals surface area contributed by atoms with Crippen LogP contribution in [0.25, 0.3) is 10.4 Å². The third-order valence-electron chi connectivity index (χ3n) is 5.36. The molecule has 0 spiro atoms. The summed E-state index contributed by atoms with van der Waals surface area (Å²) in [5, 5.41) is 15.8. The number of methoxy groups -OCH3 is 2. The zero-order valence-electron chi connectivity index (χ0n) is 19.5. The molecule has 0 aliphatic carbocycles. The molecule has 178 valence electrons. The summed E-state index contributed by atoms with van der Waals surface area (Å²) in [6.45, 7) is 6.96. The van der Waals surface area contributed by atoms with E-state index in [0.29, 0.717) is 11.3 Å². The Labute approximate surface area is 188 Å². The smallest absolute Gasteiger partial charge is 0.311 e. The Hall–Kier alpha value is -2.36. The van der Waals surface area contributed by atoms with Crippen molar-refractivity contribution in [3.63, 3.8) is 0 Å². The van der Waals surface area contributed by atoms with Gasteiger partial charge in [-0.05, 0) is 44.9 Å². The predicted octanol–water partition coefficient (Wildman–Crippen LogP) is 3.01. The summed E-state index contributed by atoms with van der Waals surface area (Å²) in [5.74, 6) is 0.0925. The van der Waals surface area contributed by atoms with E-state index >= 15 is 0 Å². The van der Waals surface area contributed by atoms with Gasteiger partial charge in [-0.3, -0.25) is 4.79 Å². The summed E-state index contributed by atoms with van der Waals surface area (Å²) in [6, 6.07) is 6.08. The quantitative estimate of drug-likeness (QED) is 0.264. The molecule has 0 unspecified atom stereocenters. The largest absolute Gasteiger partial charge is 0.496 e. The zero-order valence-corrected chi connectivity index (χ0v) is 19.5. The Morgan fingerprint density at radius 2 is 2.00 bits per heavy atom. The Bertz CT molecular complexity index is 822. The molecule has 0 aromatic heterocycles. The van der Waals surface area contributed by atoms with Crippen LogP contribution < -0.4 is 4.74 Å². The van der Waals surface area contributed by atoms with Crippen molar-refractivity contribution in [2.45, 2.75) is 64.3 Å². The Morgan fingerprint density at radius 1 is 1.31 bits per heavy atom. The van der Waals surface area contributed by atoms with Gasteiger partial charge in [0.1, 0.15) is 36.2 Å². The minimum atomic E-state index is -1.78. The minimum Gasteiger partial charge on any atom is -0.496 e. The number of para-hydroxylation sites is 1. The summed E-state index contributed by atoms with van der Waals surface area (Å²) in [6.07, 6.45) is -2.88. The van der Waals surface area contributed by atoms with E-state index in [1.165, 1.54) is 14.2 Å². The maximum absolute atomic E-state index is 12.4. The van der Waals surface area contributed by atoms with E-state index in [-0.39, 0.29) is 19.6 Å². The molecule has 0 bridgehead atoms. The summed E-state index contributed by atoms with van der Waals surface area (Å²) < 4.78 is 28.1. The molecule has 10 heteroatoms. The van der Waals surface area contributed by atoms with Crippen LogP contribution >= 0.6 is 0 Å². The Balaban J connectivity index is 2.51. The highest BCUT2D eigenvalue weighted by Crippen LogP contribution is 2.39. The van der Waals surface area contributed by atoms with Gasteiger partial charge in [0.2, 0.25) is 0 Å². The maximum Gasteiger partial charge on any atom is 0.311 e. The lowest BCUT2D eigenvalue weighted by Gasteiger charge is -2.49. The molecule has 1 saturated heterocycles. The standard InChI is InChI=1S/C22H33N3O7/c1-7-30-17-18(24-25-23)22(27,12-14-10-8-9-11-15(14)28-5)16(32-19(17)29-6)13-31-20(26)21(2,3)4/h8-11,16-19,27H,7,12-13H2,1-6H3/t16-,17+,18+,19+,22-/m1/s1. The first-order valence-corrected chi connectivity index (χ1v) is 10.5. The van der Waals surface area contributed by atoms with Gasteiger partial charge in [-0.15, -0.1) is 0 Å². The van der Waals surface area contributed by atoms with Crippen LogP contribution in [0, 0.1) is 5.41 Å². The Morgan fingerprint density at radius 3 is 2.56 bits per heavy atom. The third-order valence-corrected chi connectivity index (χ3v) is 5.36. The van der Waals surface area contributed by atoms with Crippen LogP contribution in [0.2, 0.25) is 0 Å². The molecule has 2 rings (SSSR count). The number of carbonyl (C=O) groups is 1. The highest BCUT2D eigenvalue weighted by atomic mass is 16.7. The van der Waals surface area contributed by atoms with Crippen LogP contribution in [-0.4, -0.2) is 68.7 Å². The lowest BCUT2D eigenvalue weighted by Crippen LogP contribution is -2.68. The first kappa shape index (κ1) is 25.9. The maximum atomic E-state index is 12.4. The van der Waals surface area contributed by atoms with Gasteiger partial charge < -0.3 is 28.8 Å². The molecule has 10 nitrogen and oxygen atoms in total. The van der Waals surface area contributed by atoms with Gasteiger partial charge in [0.05, 0.1) is 12.5 Å². The monoisotopic (exact) mass is 451 g/mol. The van der Waals surface area contributed by atoms with Crippen LogP contribution in [-0.2, 0) is 30.2 Å². The molecule has 1 aromatic carbocycles. The summed E-state index contributed by atoms with van der Waals surface area (Å²) >= 11 is 0. The van der Waals surface area contributed by atoms with Gasteiger partial charge in [-0.2, -0.15) is 0 Å². The fourth-order valence-electron chi connectivity index (χ4n) is 3.68. The van der Waals surface area contributed by atoms with E-state index in [1.807, 2.05) is 0 Å². The van der Waals surface area contributed by atoms with Crippen molar-refractivity contribution in [2.24, 2.45) is 10.5 Å². The van der Waals surface area contributed by atoms with Gasteiger partial charge in [0.25, 0.3) is 0 Å². The summed E-state index contributed by atoms with van der Waals surface area (Å²) in [4.78, 5) is 15.3. The average Bonchev–Trinajstić information content (AvgIpc) is 2.75. The first-order valence-electron chi connectivity index (χ1n) is 10.5. The van der Waals surface area contributed by atoms with Crippen LogP contribution in [0.3, 0.4) is 0 Å². The molecule has 1 aromatic rings. The molecule has 0 saturated carbocycles. The van der Waals surface area contributed by atoms with Crippen molar-refractivity contribution >= 4 is 5.97 Å². The summed E-state index contributed by atoms with van der Waals surface area (Å²) in [7, 11) is 2.95. The van der Waals surface area contributed by atoms with E-state index in [2.05, 4.69) is 10.0 Å². The highest BCUT2D eigenvalue weighted by molar-refractivity contribution is 5.75. The van der Waals surface area contributed by atoms with Crippen molar-refractivity contribution < 1.29 is 33.6 Å². The number of esters is 1. The minimum absolute atomic E-state index is 0.00154. The average molecular weight is 452 g/mol. The Kier molecular flexibility index (Phi) is 8.89. The highest BCUT2D eigenvalue weighted by Gasteiger charge is 2.56. The summed E-state index contributed by atoms with van der Waals surface area (Å²) in [5.41, 5.74) is 7.41. The van der Waals surface area contributed by atoms with Gasteiger partial charge in [0.15, 0.2) is 6.29 Å². The van der Waals surface area contributed by atoms with E-state index in [0.717, 1.165) is 0 Å². The molecule has 1 aliphatic heterocycles. The third kappa shape index (κ3) is 5.70. The molecule has 1 heterocycles. The SMILES string of the molecule is CCO[C@@H]1[C@@H](OC)O[C@H](COC(=O)C(C)(C)C)[C@](O)(Cc2ccccc2OC)[C@H]1N=[N+]=[N-]. The number of hydrogen-bond donors (Lipinski definition) is 1. The molecular weight excluding hydrogens is 418 g/mol. The molecule has 32 heavy (non-hydrogen) atoms. The van der Waals surface area contributed by atoms with Crippen molar-refractivity contribution in [3.8, 4) is 5.75 Å². The molecule has 1 N–H and O–H groups in total. The number of hydrogen-bond acceptors (Lipinski definition) is 8. The second kappa shape index (κ2) is 11.0. The fourth-order valence-corrected chi connectivity index (χ4v) is 3.68. The topological polar surface area (TPSA) is 132 Å². The van der Waals surface area contributed by atoms with E-state index in [4.69, 9.17) is 23.7 Å². The number of ether oxygens (including phenoxy) is 5. The van der Waals surface area contributed by atoms with Crippen molar-refractivity contribution in [3.05, 3.63) is 40.3 Å². The van der Waals surface area contributed by atoms with Gasteiger partial charge in [-0.1, -0.05) is 23.3 Å². The van der Waals surface area contributed by atoms with Crippen LogP contribution in [0.5, 0.6) is 5.75 Å². The van der Waals surface area contributed by atoms with Crippen LogP contribution in [0.4, 0.5) is 0 Å². The molecular formula is C22H33N3O7. The predicted molar refractivity (Wildman–Crippen MR) is 116 cm³/mol. The van der Waals surface area contributed by atoms with Crippen LogP contribution in [0.1, 0.15) is 33.3 Å². The number of azide groups is 1. The van der Waals surface area contributed by atoms with Crippen molar-refractivity contribution in [1.82, 2.24) is 0 Å². The van der Waals surface area contributed by atoms with Gasteiger partial charge >= 0.3 is 5.97 Å². The normalized spacial score (nSPS) is 28.0. The number of rotatable bonds is 9. The zero-order chi connectivity index (χ0) is 23.9. The first-order chi connectivity index (χ1) is 15.1. The van der Waals surface area contributed by atoms with E-state index in [9.17, 15) is 15.4 Å². The molecule has 5 atom stereocenters. The molecule has 1 fully saturated rings. The van der Waals surface area contributed by atoms with E-state index < -0.39 is 41.5 Å². The van der Waals surface area contributed by atoms with Crippen molar-refractivity contribution in [2.75, 3.05) is 27.4 Å². The van der Waals surface area contributed by atoms with Gasteiger partial charge in [-0.25, -0.2) is 0 Å². The second-order valence-electron chi connectivity index (χ2n) is 8.63. The van der Waals surface area contributed by atoms with Crippen molar-refractivity contribution in [1.29, 1.82) is 0 Å². The second-order valence-corrected chi connectivity index (χ2v) is 8.63. The molecule has 0 amide bonds. The lowest BCUT2D eigenvalue weighted by atomic mass is 9.77. The number of aliphatic hydroxyl groups is 1. The number of nitrogens with zero attached hydrogens (tertiary/aromatic N) is 3. The number of carbonyl (C=O) groups excluding carboxylic acids is 1. The molecule has 1 aliphatic rings.